The van der Waals surface area contributed by atoms with Gasteiger partial charge in [-0.15, -0.1) is 0 Å². The normalized spacial score (nSPS) is 17.4. The summed E-state index contributed by atoms with van der Waals surface area (Å²) in [6.45, 7) is 11.0. The van der Waals surface area contributed by atoms with E-state index in [1.807, 2.05) is 13.8 Å². The van der Waals surface area contributed by atoms with E-state index in [4.69, 9.17) is 4.98 Å². The quantitative estimate of drug-likeness (QED) is 0.460. The Morgan fingerprint density at radius 2 is 1.73 bits per heavy atom. The van der Waals surface area contributed by atoms with Crippen molar-refractivity contribution in [2.24, 2.45) is 5.92 Å². The van der Waals surface area contributed by atoms with E-state index >= 15 is 0 Å². The van der Waals surface area contributed by atoms with E-state index in [1.165, 1.54) is 0 Å². The number of halogens is 3. The minimum atomic E-state index is -1.51. The molecule has 1 aliphatic rings. The molecule has 1 aromatic heterocycles. The number of rotatable bonds is 5. The van der Waals surface area contributed by atoms with Crippen molar-refractivity contribution >= 4 is 10.9 Å². The molecule has 0 radical (unpaired) electrons. The van der Waals surface area contributed by atoms with Crippen LogP contribution in [0.25, 0.3) is 22.0 Å². The molecule has 0 amide bonds. The fourth-order valence-electron chi connectivity index (χ4n) is 4.73. The Bertz CT molecular complexity index is 1210. The number of aromatic nitrogens is 2. The van der Waals surface area contributed by atoms with Gasteiger partial charge < -0.3 is 4.90 Å². The van der Waals surface area contributed by atoms with Crippen LogP contribution in [0.3, 0.4) is 0 Å². The van der Waals surface area contributed by atoms with Gasteiger partial charge in [0, 0.05) is 25.0 Å². The Morgan fingerprint density at radius 3 is 2.36 bits per heavy atom. The minimum Gasteiger partial charge on any atom is -0.301 e. The van der Waals surface area contributed by atoms with Crippen LogP contribution in [0, 0.1) is 23.4 Å². The third-order valence-corrected chi connectivity index (χ3v) is 6.54. The Kier molecular flexibility index (Phi) is 6.61. The van der Waals surface area contributed by atoms with E-state index in [1.54, 1.807) is 22.8 Å². The van der Waals surface area contributed by atoms with Crippen molar-refractivity contribution in [3.63, 3.8) is 0 Å². The molecular weight excluding hydrogens is 427 g/mol. The van der Waals surface area contributed by atoms with Crippen LogP contribution in [0.1, 0.15) is 52.3 Å². The van der Waals surface area contributed by atoms with Crippen LogP contribution in [0.5, 0.6) is 0 Å². The van der Waals surface area contributed by atoms with Gasteiger partial charge in [0.15, 0.2) is 17.5 Å². The van der Waals surface area contributed by atoms with Crippen LogP contribution in [0.15, 0.2) is 35.1 Å². The maximum Gasteiger partial charge on any atom is 0.261 e. The molecule has 0 bridgehead atoms. The predicted molar refractivity (Wildman–Crippen MR) is 125 cm³/mol. The van der Waals surface area contributed by atoms with Crippen molar-refractivity contribution in [1.29, 1.82) is 0 Å². The zero-order chi connectivity index (χ0) is 23.9. The molecule has 0 N–H and O–H groups in total. The van der Waals surface area contributed by atoms with Gasteiger partial charge in [-0.3, -0.25) is 9.36 Å². The molecule has 0 saturated carbocycles. The average molecular weight is 458 g/mol. The van der Waals surface area contributed by atoms with E-state index in [-0.39, 0.29) is 17.0 Å². The molecule has 7 heteroatoms. The van der Waals surface area contributed by atoms with Crippen LogP contribution in [0.4, 0.5) is 13.2 Å². The van der Waals surface area contributed by atoms with Crippen LogP contribution in [-0.2, 0) is 6.54 Å². The molecular formula is C26H30F3N3O. The first-order chi connectivity index (χ1) is 15.7. The van der Waals surface area contributed by atoms with Crippen molar-refractivity contribution < 1.29 is 13.2 Å². The first kappa shape index (κ1) is 23.5. The van der Waals surface area contributed by atoms with Crippen LogP contribution in [-0.4, -0.2) is 33.6 Å². The summed E-state index contributed by atoms with van der Waals surface area (Å²) >= 11 is 0. The van der Waals surface area contributed by atoms with Crippen molar-refractivity contribution in [2.45, 2.75) is 59.0 Å². The molecule has 0 aliphatic carbocycles. The van der Waals surface area contributed by atoms with Gasteiger partial charge in [0.05, 0.1) is 10.9 Å². The molecule has 1 aliphatic heterocycles. The Balaban J connectivity index is 1.78. The summed E-state index contributed by atoms with van der Waals surface area (Å²) in [7, 11) is 0. The summed E-state index contributed by atoms with van der Waals surface area (Å²) in [5.74, 6) is -2.88. The number of hydrogen-bond donors (Lipinski definition) is 0. The Hall–Kier alpha value is -2.67. The number of likely N-dealkylation sites (tertiary alicyclic amines) is 1. The van der Waals surface area contributed by atoms with Gasteiger partial charge in [-0.1, -0.05) is 19.9 Å². The van der Waals surface area contributed by atoms with Crippen molar-refractivity contribution in [3.8, 4) is 11.1 Å². The second-order valence-corrected chi connectivity index (χ2v) is 9.62. The Labute approximate surface area is 192 Å². The molecule has 0 unspecified atom stereocenters. The summed E-state index contributed by atoms with van der Waals surface area (Å²) < 4.78 is 42.7. The molecule has 4 nitrogen and oxygen atoms in total. The first-order valence-corrected chi connectivity index (χ1v) is 11.6. The SMILES string of the molecule is CC(C)c1nc2ccc(-c3cc(F)c(F)c(F)c3)cc2c(=O)n1C[C@H]1CCCN(C(C)C)C1. The van der Waals surface area contributed by atoms with Crippen LogP contribution in [0.2, 0.25) is 0 Å². The molecule has 3 aromatic rings. The molecule has 2 heterocycles. The maximum absolute atomic E-state index is 13.8. The number of nitrogens with zero attached hydrogens (tertiary/aromatic N) is 3. The summed E-state index contributed by atoms with van der Waals surface area (Å²) in [5.41, 5.74) is 0.994. The zero-order valence-electron chi connectivity index (χ0n) is 19.5. The lowest BCUT2D eigenvalue weighted by Gasteiger charge is -2.36. The summed E-state index contributed by atoms with van der Waals surface area (Å²) in [6.07, 6.45) is 2.15. The predicted octanol–water partition coefficient (Wildman–Crippen LogP) is 5.72. The number of benzene rings is 2. The van der Waals surface area contributed by atoms with E-state index in [0.29, 0.717) is 35.0 Å². The van der Waals surface area contributed by atoms with E-state index in [0.717, 1.165) is 43.9 Å². The van der Waals surface area contributed by atoms with Gasteiger partial charge in [-0.2, -0.15) is 0 Å². The Morgan fingerprint density at radius 1 is 1.03 bits per heavy atom. The number of fused-ring (bicyclic) bond motifs is 1. The fourth-order valence-corrected chi connectivity index (χ4v) is 4.73. The highest BCUT2D eigenvalue weighted by atomic mass is 19.2. The van der Waals surface area contributed by atoms with Crippen molar-refractivity contribution in [1.82, 2.24) is 14.5 Å². The summed E-state index contributed by atoms with van der Waals surface area (Å²) in [6, 6.07) is 7.27. The van der Waals surface area contributed by atoms with Crippen LogP contribution >= 0.6 is 0 Å². The van der Waals surface area contributed by atoms with Gasteiger partial charge in [0.25, 0.3) is 5.56 Å². The molecule has 1 fully saturated rings. The minimum absolute atomic E-state index is 0.0619. The van der Waals surface area contributed by atoms with Gasteiger partial charge in [-0.25, -0.2) is 18.2 Å². The van der Waals surface area contributed by atoms with Crippen molar-refractivity contribution in [3.05, 3.63) is 64.0 Å². The first-order valence-electron chi connectivity index (χ1n) is 11.6. The lowest BCUT2D eigenvalue weighted by molar-refractivity contribution is 0.129. The highest BCUT2D eigenvalue weighted by Gasteiger charge is 2.24. The monoisotopic (exact) mass is 457 g/mol. The second kappa shape index (κ2) is 9.29. The third kappa shape index (κ3) is 4.69. The highest BCUT2D eigenvalue weighted by molar-refractivity contribution is 5.84. The highest BCUT2D eigenvalue weighted by Crippen LogP contribution is 2.27. The molecule has 0 spiro atoms. The van der Waals surface area contributed by atoms with Gasteiger partial charge in [0.1, 0.15) is 5.82 Å². The second-order valence-electron chi connectivity index (χ2n) is 9.62. The van der Waals surface area contributed by atoms with E-state index in [2.05, 4.69) is 18.7 Å². The summed E-state index contributed by atoms with van der Waals surface area (Å²) in [4.78, 5) is 20.8. The molecule has 1 saturated heterocycles. The molecule has 4 rings (SSSR count). The van der Waals surface area contributed by atoms with Crippen molar-refractivity contribution in [2.75, 3.05) is 13.1 Å². The lowest BCUT2D eigenvalue weighted by atomic mass is 9.96. The molecule has 33 heavy (non-hydrogen) atoms. The largest absolute Gasteiger partial charge is 0.301 e. The molecule has 2 aromatic carbocycles. The standard InChI is InChI=1S/C26H30F3N3O/c1-15(2)25-30-23-8-7-18(19-11-21(27)24(29)22(28)12-19)10-20(23)26(33)32(25)14-17-6-5-9-31(13-17)16(3)4/h7-8,10-12,15-17H,5-6,9,13-14H2,1-4H3/t17-/m0/s1. The lowest BCUT2D eigenvalue weighted by Crippen LogP contribution is -2.42. The third-order valence-electron chi connectivity index (χ3n) is 6.54. The van der Waals surface area contributed by atoms with E-state index in [9.17, 15) is 18.0 Å². The van der Waals surface area contributed by atoms with Crippen LogP contribution < -0.4 is 5.56 Å². The van der Waals surface area contributed by atoms with Gasteiger partial charge in [0.2, 0.25) is 0 Å². The maximum atomic E-state index is 13.8. The number of piperidine rings is 1. The van der Waals surface area contributed by atoms with E-state index < -0.39 is 17.5 Å². The average Bonchev–Trinajstić information content (AvgIpc) is 2.78. The number of hydrogen-bond acceptors (Lipinski definition) is 3. The zero-order valence-corrected chi connectivity index (χ0v) is 19.5. The molecule has 1 atom stereocenters. The fraction of sp³-hybridized carbons (Fsp3) is 0.462. The van der Waals surface area contributed by atoms with Gasteiger partial charge >= 0.3 is 0 Å². The smallest absolute Gasteiger partial charge is 0.261 e. The molecule has 176 valence electrons. The summed E-state index contributed by atoms with van der Waals surface area (Å²) in [5, 5.41) is 0.388. The van der Waals surface area contributed by atoms with Gasteiger partial charge in [-0.05, 0) is 74.5 Å². The topological polar surface area (TPSA) is 38.1 Å².